The highest BCUT2D eigenvalue weighted by Crippen LogP contribution is 2.19. The molecule has 0 bridgehead atoms. The van der Waals surface area contributed by atoms with Gasteiger partial charge >= 0.3 is 0 Å². The number of aryl methyl sites for hydroxylation is 1. The first-order valence-electron chi connectivity index (χ1n) is 10.00. The van der Waals surface area contributed by atoms with E-state index >= 15 is 0 Å². The highest BCUT2D eigenvalue weighted by Gasteiger charge is 2.11. The molecule has 1 N–H and O–H groups in total. The molecule has 6 heteroatoms. The summed E-state index contributed by atoms with van der Waals surface area (Å²) < 4.78 is 0. The van der Waals surface area contributed by atoms with Crippen molar-refractivity contribution in [2.45, 2.75) is 26.3 Å². The lowest BCUT2D eigenvalue weighted by Gasteiger charge is -2.11. The van der Waals surface area contributed by atoms with Crippen LogP contribution in [0.15, 0.2) is 78.9 Å². The summed E-state index contributed by atoms with van der Waals surface area (Å²) in [6.07, 6.45) is 1.73. The average Bonchev–Trinajstić information content (AvgIpc) is 3.24. The number of benzene rings is 3. The van der Waals surface area contributed by atoms with Crippen molar-refractivity contribution in [2.75, 3.05) is 5.32 Å². The van der Waals surface area contributed by atoms with Crippen LogP contribution in [0.1, 0.15) is 23.6 Å². The second-order valence-electron chi connectivity index (χ2n) is 7.06. The molecule has 0 unspecified atom stereocenters. The number of rotatable bonds is 7. The van der Waals surface area contributed by atoms with Crippen LogP contribution in [0.3, 0.4) is 0 Å². The summed E-state index contributed by atoms with van der Waals surface area (Å²) in [6, 6.07) is 26.0. The Hall–Kier alpha value is -3.80. The van der Waals surface area contributed by atoms with Gasteiger partial charge in [-0.15, -0.1) is 10.2 Å². The summed E-state index contributed by atoms with van der Waals surface area (Å²) in [5.74, 6) is 0.315. The fraction of sp³-hybridized carbons (Fsp3) is 0.167. The number of carbonyl (C=O) groups excluding carboxylic acids is 1. The number of para-hydroxylation sites is 1. The Bertz CT molecular complexity index is 1120. The van der Waals surface area contributed by atoms with Crippen molar-refractivity contribution in [2.24, 2.45) is 0 Å². The van der Waals surface area contributed by atoms with E-state index < -0.39 is 0 Å². The number of hydrogen-bond acceptors (Lipinski definition) is 4. The maximum Gasteiger partial charge on any atom is 0.248 e. The van der Waals surface area contributed by atoms with E-state index in [2.05, 4.69) is 39.8 Å². The molecule has 0 atom stereocenters. The first-order valence-corrected chi connectivity index (χ1v) is 10.00. The Morgan fingerprint density at radius 1 is 0.900 bits per heavy atom. The molecule has 30 heavy (non-hydrogen) atoms. The number of anilines is 1. The summed E-state index contributed by atoms with van der Waals surface area (Å²) in [5.41, 5.74) is 5.17. The van der Waals surface area contributed by atoms with E-state index in [1.54, 1.807) is 0 Å². The van der Waals surface area contributed by atoms with E-state index in [0.717, 1.165) is 29.7 Å². The van der Waals surface area contributed by atoms with Crippen LogP contribution in [-0.4, -0.2) is 26.1 Å². The summed E-state index contributed by atoms with van der Waals surface area (Å²) in [7, 11) is 0. The molecule has 0 radical (unpaired) electrons. The molecule has 6 nitrogen and oxygen atoms in total. The van der Waals surface area contributed by atoms with Gasteiger partial charge in [-0.3, -0.25) is 4.79 Å². The predicted octanol–water partition coefficient (Wildman–Crippen LogP) is 4.13. The second kappa shape index (κ2) is 9.13. The first kappa shape index (κ1) is 19.5. The number of carbonyl (C=O) groups is 1. The molecule has 1 heterocycles. The largest absolute Gasteiger partial charge is 0.324 e. The molecule has 0 fully saturated rings. The SMILES string of the molecule is CCc1ccc(-c2nnn(CC(=O)Nc3ccccc3Cc3ccccc3)n2)cc1. The van der Waals surface area contributed by atoms with Gasteiger partial charge in [0, 0.05) is 11.3 Å². The van der Waals surface area contributed by atoms with Crippen molar-refractivity contribution in [3.8, 4) is 11.4 Å². The first-order chi connectivity index (χ1) is 14.7. The lowest BCUT2D eigenvalue weighted by molar-refractivity contribution is -0.117. The summed E-state index contributed by atoms with van der Waals surface area (Å²) in [4.78, 5) is 13.9. The Morgan fingerprint density at radius 2 is 1.63 bits per heavy atom. The molecule has 0 aliphatic rings. The average molecular weight is 397 g/mol. The van der Waals surface area contributed by atoms with Gasteiger partial charge in [-0.05, 0) is 40.8 Å². The minimum Gasteiger partial charge on any atom is -0.324 e. The van der Waals surface area contributed by atoms with Crippen LogP contribution in [0.2, 0.25) is 0 Å². The molecule has 150 valence electrons. The number of hydrogen-bond donors (Lipinski definition) is 1. The minimum atomic E-state index is -0.194. The Kier molecular flexibility index (Phi) is 5.94. The third kappa shape index (κ3) is 4.78. The zero-order valence-electron chi connectivity index (χ0n) is 16.8. The molecular weight excluding hydrogens is 374 g/mol. The zero-order chi connectivity index (χ0) is 20.8. The third-order valence-electron chi connectivity index (χ3n) is 4.89. The number of amides is 1. The highest BCUT2D eigenvalue weighted by molar-refractivity contribution is 5.91. The Labute approximate surface area is 175 Å². The molecule has 3 aromatic carbocycles. The maximum absolute atomic E-state index is 12.6. The highest BCUT2D eigenvalue weighted by atomic mass is 16.2. The number of aromatic nitrogens is 4. The quantitative estimate of drug-likeness (QED) is 0.509. The van der Waals surface area contributed by atoms with E-state index in [-0.39, 0.29) is 12.5 Å². The number of nitrogens with one attached hydrogen (secondary N) is 1. The van der Waals surface area contributed by atoms with Gasteiger partial charge in [0.25, 0.3) is 0 Å². The van der Waals surface area contributed by atoms with Crippen LogP contribution < -0.4 is 5.32 Å². The van der Waals surface area contributed by atoms with Crippen molar-refractivity contribution in [1.82, 2.24) is 20.2 Å². The molecular formula is C24H23N5O. The van der Waals surface area contributed by atoms with Crippen LogP contribution in [0.25, 0.3) is 11.4 Å². The summed E-state index contributed by atoms with van der Waals surface area (Å²) >= 11 is 0. The molecule has 0 aliphatic carbocycles. The molecule has 0 aliphatic heterocycles. The molecule has 1 amide bonds. The van der Waals surface area contributed by atoms with Gasteiger partial charge in [-0.25, -0.2) is 0 Å². The van der Waals surface area contributed by atoms with Gasteiger partial charge in [-0.2, -0.15) is 4.80 Å². The van der Waals surface area contributed by atoms with Crippen molar-refractivity contribution < 1.29 is 4.79 Å². The monoisotopic (exact) mass is 397 g/mol. The lowest BCUT2D eigenvalue weighted by atomic mass is 10.0. The van der Waals surface area contributed by atoms with E-state index in [9.17, 15) is 4.79 Å². The van der Waals surface area contributed by atoms with Gasteiger partial charge in [0.05, 0.1) is 0 Å². The van der Waals surface area contributed by atoms with E-state index in [0.29, 0.717) is 5.82 Å². The van der Waals surface area contributed by atoms with Crippen molar-refractivity contribution >= 4 is 11.6 Å². The second-order valence-corrected chi connectivity index (χ2v) is 7.06. The van der Waals surface area contributed by atoms with Crippen LogP contribution in [0.4, 0.5) is 5.69 Å². The van der Waals surface area contributed by atoms with Gasteiger partial charge < -0.3 is 5.32 Å². The third-order valence-corrected chi connectivity index (χ3v) is 4.89. The predicted molar refractivity (Wildman–Crippen MR) is 117 cm³/mol. The van der Waals surface area contributed by atoms with Crippen LogP contribution >= 0.6 is 0 Å². The Balaban J connectivity index is 1.42. The van der Waals surface area contributed by atoms with E-state index in [1.165, 1.54) is 15.9 Å². The maximum atomic E-state index is 12.6. The fourth-order valence-electron chi connectivity index (χ4n) is 3.25. The van der Waals surface area contributed by atoms with Gasteiger partial charge in [0.1, 0.15) is 6.54 Å². The van der Waals surface area contributed by atoms with Crippen molar-refractivity contribution in [3.05, 3.63) is 95.6 Å². The molecule has 4 aromatic rings. The van der Waals surface area contributed by atoms with Crippen LogP contribution in [0, 0.1) is 0 Å². The fourth-order valence-corrected chi connectivity index (χ4v) is 3.25. The minimum absolute atomic E-state index is 0.000283. The standard InChI is InChI=1S/C24H23N5O/c1-2-18-12-14-20(15-13-18)24-26-28-29(27-24)17-23(30)25-22-11-7-6-10-21(22)16-19-8-4-3-5-9-19/h3-15H,2,16-17H2,1H3,(H,25,30). The molecule has 1 aromatic heterocycles. The van der Waals surface area contributed by atoms with Crippen LogP contribution in [-0.2, 0) is 24.2 Å². The summed E-state index contributed by atoms with van der Waals surface area (Å²) in [5, 5.41) is 15.4. The molecule has 0 saturated carbocycles. The van der Waals surface area contributed by atoms with Gasteiger partial charge in [0.2, 0.25) is 11.7 Å². The number of tetrazole rings is 1. The smallest absolute Gasteiger partial charge is 0.248 e. The molecule has 0 saturated heterocycles. The topological polar surface area (TPSA) is 72.7 Å². The summed E-state index contributed by atoms with van der Waals surface area (Å²) in [6.45, 7) is 2.11. The normalized spacial score (nSPS) is 10.7. The van der Waals surface area contributed by atoms with Gasteiger partial charge in [0.15, 0.2) is 0 Å². The number of nitrogens with zero attached hydrogens (tertiary/aromatic N) is 4. The van der Waals surface area contributed by atoms with E-state index in [4.69, 9.17) is 0 Å². The van der Waals surface area contributed by atoms with Crippen molar-refractivity contribution in [3.63, 3.8) is 0 Å². The molecule has 4 rings (SSSR count). The Morgan fingerprint density at radius 3 is 2.40 bits per heavy atom. The van der Waals surface area contributed by atoms with Gasteiger partial charge in [-0.1, -0.05) is 79.7 Å². The van der Waals surface area contributed by atoms with Crippen LogP contribution in [0.5, 0.6) is 0 Å². The van der Waals surface area contributed by atoms with E-state index in [1.807, 2.05) is 66.7 Å². The lowest BCUT2D eigenvalue weighted by Crippen LogP contribution is -2.21. The molecule has 0 spiro atoms. The zero-order valence-corrected chi connectivity index (χ0v) is 16.8. The van der Waals surface area contributed by atoms with Crippen molar-refractivity contribution in [1.29, 1.82) is 0 Å².